The van der Waals surface area contributed by atoms with E-state index < -0.39 is 0 Å². The summed E-state index contributed by atoms with van der Waals surface area (Å²) in [6, 6.07) is 7.48. The third-order valence-corrected chi connectivity index (χ3v) is 3.68. The number of halogens is 2. The maximum atomic E-state index is 6.15. The Kier molecular flexibility index (Phi) is 2.74. The van der Waals surface area contributed by atoms with Crippen molar-refractivity contribution in [1.82, 2.24) is 9.97 Å². The second kappa shape index (κ2) is 4.26. The van der Waals surface area contributed by atoms with E-state index in [1.165, 1.54) is 0 Å². The van der Waals surface area contributed by atoms with Crippen molar-refractivity contribution in [2.45, 2.75) is 0 Å². The summed E-state index contributed by atoms with van der Waals surface area (Å²) in [5.41, 5.74) is 1.73. The Hall–Kier alpha value is -1.16. The molecule has 1 aromatic carbocycles. The Bertz CT molecular complexity index is 680. The van der Waals surface area contributed by atoms with Crippen molar-refractivity contribution in [3.63, 3.8) is 0 Å². The van der Waals surface area contributed by atoms with Crippen LogP contribution in [-0.2, 0) is 0 Å². The van der Waals surface area contributed by atoms with Gasteiger partial charge < -0.3 is 0 Å². The molecule has 0 saturated heterocycles. The van der Waals surface area contributed by atoms with Crippen molar-refractivity contribution >= 4 is 45.4 Å². The van der Waals surface area contributed by atoms with Gasteiger partial charge in [-0.1, -0.05) is 29.3 Å². The predicted octanol–water partition coefficient (Wildman–Crippen LogP) is 4.67. The zero-order chi connectivity index (χ0) is 11.8. The van der Waals surface area contributed by atoms with E-state index in [1.54, 1.807) is 17.4 Å². The normalized spacial score (nSPS) is 10.9. The van der Waals surface area contributed by atoms with Crippen LogP contribution in [0.15, 0.2) is 35.0 Å². The molecule has 3 aromatic rings. The zero-order valence-electron chi connectivity index (χ0n) is 8.52. The number of fused-ring (bicyclic) bond motifs is 1. The van der Waals surface area contributed by atoms with Crippen molar-refractivity contribution in [1.29, 1.82) is 0 Å². The summed E-state index contributed by atoms with van der Waals surface area (Å²) in [6.07, 6.45) is 0. The van der Waals surface area contributed by atoms with Crippen LogP contribution in [-0.4, -0.2) is 9.97 Å². The second-order valence-electron chi connectivity index (χ2n) is 3.48. The molecule has 0 unspecified atom stereocenters. The summed E-state index contributed by atoms with van der Waals surface area (Å²) >= 11 is 13.8. The number of aromatic nitrogens is 2. The van der Waals surface area contributed by atoms with Crippen LogP contribution >= 0.6 is 34.5 Å². The molecule has 0 bridgehead atoms. The van der Waals surface area contributed by atoms with E-state index in [1.807, 2.05) is 29.0 Å². The molecule has 17 heavy (non-hydrogen) atoms. The van der Waals surface area contributed by atoms with E-state index in [4.69, 9.17) is 23.2 Å². The lowest BCUT2D eigenvalue weighted by molar-refractivity contribution is 1.23. The molecule has 84 valence electrons. The van der Waals surface area contributed by atoms with Gasteiger partial charge in [-0.05, 0) is 23.6 Å². The van der Waals surface area contributed by atoms with E-state index in [2.05, 4.69) is 9.97 Å². The van der Waals surface area contributed by atoms with E-state index >= 15 is 0 Å². The van der Waals surface area contributed by atoms with Crippen LogP contribution < -0.4 is 0 Å². The van der Waals surface area contributed by atoms with Gasteiger partial charge in [0.25, 0.3) is 0 Å². The lowest BCUT2D eigenvalue weighted by atomic mass is 10.2. The number of benzene rings is 1. The van der Waals surface area contributed by atoms with E-state index in [0.717, 1.165) is 11.1 Å². The molecule has 2 nitrogen and oxygen atoms in total. The molecule has 2 heterocycles. The third-order valence-electron chi connectivity index (χ3n) is 2.41. The predicted molar refractivity (Wildman–Crippen MR) is 72.9 cm³/mol. The van der Waals surface area contributed by atoms with Gasteiger partial charge in [0.05, 0.1) is 15.9 Å². The van der Waals surface area contributed by atoms with Crippen molar-refractivity contribution in [3.05, 3.63) is 45.2 Å². The standard InChI is InChI=1S/C12H6Cl2N2S/c13-8-2-1-3-9-10(8)11(14)16-12(15-9)7-4-5-17-6-7/h1-6H. The molecule has 3 rings (SSSR count). The summed E-state index contributed by atoms with van der Waals surface area (Å²) < 4.78 is 0. The number of hydrogen-bond donors (Lipinski definition) is 0. The highest BCUT2D eigenvalue weighted by Crippen LogP contribution is 2.30. The number of rotatable bonds is 1. The van der Waals surface area contributed by atoms with Crippen LogP contribution in [0.3, 0.4) is 0 Å². The van der Waals surface area contributed by atoms with Crippen LogP contribution in [0.5, 0.6) is 0 Å². The Labute approximate surface area is 112 Å². The SMILES string of the molecule is Clc1cccc2nc(-c3ccsc3)nc(Cl)c12. The molecule has 0 atom stereocenters. The van der Waals surface area contributed by atoms with Crippen molar-refractivity contribution in [3.8, 4) is 11.4 Å². The number of thiophene rings is 1. The van der Waals surface area contributed by atoms with Gasteiger partial charge in [-0.15, -0.1) is 0 Å². The summed E-state index contributed by atoms with van der Waals surface area (Å²) in [4.78, 5) is 8.75. The fourth-order valence-corrected chi connectivity index (χ4v) is 2.84. The van der Waals surface area contributed by atoms with Gasteiger partial charge >= 0.3 is 0 Å². The molecule has 2 aromatic heterocycles. The molecule has 0 aliphatic rings. The number of hydrogen-bond acceptors (Lipinski definition) is 3. The summed E-state index contributed by atoms with van der Waals surface area (Å²) in [5, 5.41) is 5.64. The average Bonchev–Trinajstić information content (AvgIpc) is 2.81. The lowest BCUT2D eigenvalue weighted by Crippen LogP contribution is -1.91. The molecule has 0 saturated carbocycles. The van der Waals surface area contributed by atoms with Gasteiger partial charge in [0.1, 0.15) is 5.15 Å². The van der Waals surface area contributed by atoms with Gasteiger partial charge in [-0.3, -0.25) is 0 Å². The first kappa shape index (κ1) is 11.0. The van der Waals surface area contributed by atoms with Crippen LogP contribution in [0, 0.1) is 0 Å². The molecule has 0 radical (unpaired) electrons. The van der Waals surface area contributed by atoms with Crippen molar-refractivity contribution < 1.29 is 0 Å². The van der Waals surface area contributed by atoms with E-state index in [-0.39, 0.29) is 0 Å². The average molecular weight is 281 g/mol. The molecular weight excluding hydrogens is 275 g/mol. The number of nitrogens with zero attached hydrogens (tertiary/aromatic N) is 2. The van der Waals surface area contributed by atoms with Gasteiger partial charge in [0, 0.05) is 10.9 Å². The van der Waals surface area contributed by atoms with Crippen LogP contribution in [0.4, 0.5) is 0 Å². The van der Waals surface area contributed by atoms with Gasteiger partial charge in [-0.25, -0.2) is 9.97 Å². The fourth-order valence-electron chi connectivity index (χ4n) is 1.62. The van der Waals surface area contributed by atoms with Crippen LogP contribution in [0.2, 0.25) is 10.2 Å². The topological polar surface area (TPSA) is 25.8 Å². The summed E-state index contributed by atoms with van der Waals surface area (Å²) in [5.74, 6) is 0.631. The minimum Gasteiger partial charge on any atom is -0.228 e. The molecular formula is C12H6Cl2N2S. The Morgan fingerprint density at radius 1 is 1.06 bits per heavy atom. The highest BCUT2D eigenvalue weighted by molar-refractivity contribution is 7.08. The third kappa shape index (κ3) is 1.90. The van der Waals surface area contributed by atoms with Crippen LogP contribution in [0.25, 0.3) is 22.3 Å². The molecule has 5 heteroatoms. The molecule has 0 aliphatic carbocycles. The smallest absolute Gasteiger partial charge is 0.162 e. The van der Waals surface area contributed by atoms with Crippen molar-refractivity contribution in [2.75, 3.05) is 0 Å². The fraction of sp³-hybridized carbons (Fsp3) is 0. The highest BCUT2D eigenvalue weighted by atomic mass is 35.5. The first-order valence-corrected chi connectivity index (χ1v) is 6.60. The minimum atomic E-state index is 0.391. The molecule has 0 spiro atoms. The van der Waals surface area contributed by atoms with Gasteiger partial charge in [0.2, 0.25) is 0 Å². The van der Waals surface area contributed by atoms with Crippen LogP contribution in [0.1, 0.15) is 0 Å². The van der Waals surface area contributed by atoms with Gasteiger partial charge in [0.15, 0.2) is 5.82 Å². The molecule has 0 N–H and O–H groups in total. The van der Waals surface area contributed by atoms with Gasteiger partial charge in [-0.2, -0.15) is 11.3 Å². The second-order valence-corrected chi connectivity index (χ2v) is 5.03. The largest absolute Gasteiger partial charge is 0.228 e. The Morgan fingerprint density at radius 3 is 2.71 bits per heavy atom. The van der Waals surface area contributed by atoms with E-state index in [9.17, 15) is 0 Å². The molecule has 0 amide bonds. The quantitative estimate of drug-likeness (QED) is 0.606. The first-order valence-electron chi connectivity index (χ1n) is 4.90. The maximum Gasteiger partial charge on any atom is 0.162 e. The Morgan fingerprint density at radius 2 is 1.94 bits per heavy atom. The highest BCUT2D eigenvalue weighted by Gasteiger charge is 2.10. The van der Waals surface area contributed by atoms with E-state index in [0.29, 0.717) is 21.4 Å². The monoisotopic (exact) mass is 280 g/mol. The lowest BCUT2D eigenvalue weighted by Gasteiger charge is -2.04. The molecule has 0 fully saturated rings. The summed E-state index contributed by atoms with van der Waals surface area (Å²) in [6.45, 7) is 0. The first-order chi connectivity index (χ1) is 8.25. The maximum absolute atomic E-state index is 6.15. The van der Waals surface area contributed by atoms with Crippen molar-refractivity contribution in [2.24, 2.45) is 0 Å². The minimum absolute atomic E-state index is 0.391. The summed E-state index contributed by atoms with van der Waals surface area (Å²) in [7, 11) is 0. The zero-order valence-corrected chi connectivity index (χ0v) is 10.9. The Balaban J connectivity index is 2.32. The molecule has 0 aliphatic heterocycles.